The lowest BCUT2D eigenvalue weighted by Crippen LogP contribution is -2.26. The van der Waals surface area contributed by atoms with Crippen LogP contribution in [-0.2, 0) is 11.8 Å². The minimum Gasteiger partial charge on any atom is -0.493 e. The summed E-state index contributed by atoms with van der Waals surface area (Å²) in [6, 6.07) is 3.23. The van der Waals surface area contributed by atoms with Crippen LogP contribution >= 0.6 is 11.8 Å². The molecule has 0 amide bonds. The number of carbonyl (C=O) groups is 1. The topological polar surface area (TPSA) is 99.9 Å². The highest BCUT2D eigenvalue weighted by Crippen LogP contribution is 2.44. The summed E-state index contributed by atoms with van der Waals surface area (Å²) in [7, 11) is 4.44. The number of nitrogens with zero attached hydrogens (tertiary/aromatic N) is 2. The fraction of sp³-hybridized carbons (Fsp3) is 0.389. The lowest BCUT2D eigenvalue weighted by Gasteiger charge is -2.15. The highest BCUT2D eigenvalue weighted by atomic mass is 32.2. The van der Waals surface area contributed by atoms with Crippen LogP contribution in [0.3, 0.4) is 0 Å². The molecule has 1 atom stereocenters. The Hall–Kier alpha value is -2.68. The molecule has 0 saturated carbocycles. The summed E-state index contributed by atoms with van der Waals surface area (Å²) in [5.41, 5.74) is 0.0350. The first kappa shape index (κ1) is 19.1. The minimum absolute atomic E-state index is 0.0855. The van der Waals surface area contributed by atoms with Crippen molar-refractivity contribution < 1.29 is 24.1 Å². The summed E-state index contributed by atoms with van der Waals surface area (Å²) < 4.78 is 17.3. The van der Waals surface area contributed by atoms with E-state index < -0.39 is 23.5 Å². The van der Waals surface area contributed by atoms with E-state index in [1.807, 2.05) is 6.92 Å². The molecule has 0 aliphatic carbocycles. The predicted octanol–water partition coefficient (Wildman–Crippen LogP) is 2.26. The molecule has 0 fully saturated rings. The molecule has 2 heterocycles. The van der Waals surface area contributed by atoms with E-state index in [0.717, 1.165) is 12.2 Å². The third kappa shape index (κ3) is 3.12. The quantitative estimate of drug-likeness (QED) is 0.454. The first-order chi connectivity index (χ1) is 12.9. The molecule has 0 radical (unpaired) electrons. The molecule has 0 bridgehead atoms. The zero-order valence-electron chi connectivity index (χ0n) is 15.4. The smallest absolute Gasteiger partial charge is 0.343 e. The molecular formula is C18H20N2O6S. The van der Waals surface area contributed by atoms with Crippen LogP contribution in [0.4, 0.5) is 0 Å². The number of hydrogen-bond donors (Lipinski definition) is 1. The van der Waals surface area contributed by atoms with Crippen LogP contribution in [0, 0.1) is 0 Å². The molecule has 0 saturated heterocycles. The number of ether oxygens (including phenoxy) is 3. The third-order valence-corrected chi connectivity index (χ3v) is 5.49. The van der Waals surface area contributed by atoms with Crippen LogP contribution in [0.15, 0.2) is 22.1 Å². The van der Waals surface area contributed by atoms with Gasteiger partial charge in [0.2, 0.25) is 5.88 Å². The maximum Gasteiger partial charge on any atom is 0.343 e. The predicted molar refractivity (Wildman–Crippen MR) is 99.0 cm³/mol. The van der Waals surface area contributed by atoms with Crippen molar-refractivity contribution in [3.8, 4) is 17.4 Å². The summed E-state index contributed by atoms with van der Waals surface area (Å²) >= 11 is 1.37. The van der Waals surface area contributed by atoms with E-state index >= 15 is 0 Å². The summed E-state index contributed by atoms with van der Waals surface area (Å²) in [6.45, 7) is 2.01. The van der Waals surface area contributed by atoms with Crippen LogP contribution in [0.2, 0.25) is 0 Å². The van der Waals surface area contributed by atoms with E-state index in [1.54, 1.807) is 19.2 Å². The van der Waals surface area contributed by atoms with Crippen LogP contribution in [-0.4, -0.2) is 40.6 Å². The molecule has 1 aromatic carbocycles. The van der Waals surface area contributed by atoms with E-state index in [1.165, 1.54) is 30.5 Å². The third-order valence-electron chi connectivity index (χ3n) is 4.25. The first-order valence-electron chi connectivity index (χ1n) is 8.33. The van der Waals surface area contributed by atoms with Crippen LogP contribution in [0.5, 0.6) is 17.4 Å². The average Bonchev–Trinajstić information content (AvgIpc) is 2.99. The maximum atomic E-state index is 12.9. The number of benzene rings is 1. The van der Waals surface area contributed by atoms with Gasteiger partial charge < -0.3 is 19.3 Å². The lowest BCUT2D eigenvalue weighted by molar-refractivity contribution is 0.0446. The number of hydrogen-bond acceptors (Lipinski definition) is 8. The second-order valence-corrected chi connectivity index (χ2v) is 6.96. The lowest BCUT2D eigenvalue weighted by atomic mass is 9.99. The van der Waals surface area contributed by atoms with E-state index in [0.29, 0.717) is 16.5 Å². The molecule has 1 N–H and O–H groups in total. The monoisotopic (exact) mass is 392 g/mol. The zero-order valence-corrected chi connectivity index (χ0v) is 16.3. The largest absolute Gasteiger partial charge is 0.493 e. The van der Waals surface area contributed by atoms with Gasteiger partial charge in [-0.3, -0.25) is 9.36 Å². The number of cyclic esters (lactones) is 1. The van der Waals surface area contributed by atoms with Gasteiger partial charge >= 0.3 is 5.97 Å². The van der Waals surface area contributed by atoms with E-state index in [2.05, 4.69) is 4.98 Å². The zero-order chi connectivity index (χ0) is 19.7. The van der Waals surface area contributed by atoms with Gasteiger partial charge in [0, 0.05) is 18.4 Å². The number of methoxy groups -OCH3 is 2. The Morgan fingerprint density at radius 2 is 2.04 bits per heavy atom. The molecule has 3 rings (SSSR count). The number of rotatable bonds is 6. The Labute approximate surface area is 160 Å². The Kier molecular flexibility index (Phi) is 5.31. The number of carbonyl (C=O) groups excluding carboxylic acids is 1. The molecule has 0 spiro atoms. The van der Waals surface area contributed by atoms with Crippen molar-refractivity contribution >= 4 is 17.7 Å². The molecule has 9 heteroatoms. The van der Waals surface area contributed by atoms with Gasteiger partial charge in [0.15, 0.2) is 22.8 Å². The molecule has 27 heavy (non-hydrogen) atoms. The van der Waals surface area contributed by atoms with E-state index in [-0.39, 0.29) is 16.9 Å². The Balaban J connectivity index is 2.15. The Bertz CT molecular complexity index is 956. The summed E-state index contributed by atoms with van der Waals surface area (Å²) in [6.07, 6.45) is -0.165. The van der Waals surface area contributed by atoms with Crippen molar-refractivity contribution in [3.05, 3.63) is 39.2 Å². The Morgan fingerprint density at radius 1 is 1.30 bits per heavy atom. The highest BCUT2D eigenvalue weighted by Gasteiger charge is 2.40. The number of aromatic nitrogens is 2. The number of fused-ring (bicyclic) bond motifs is 1. The second-order valence-electron chi connectivity index (χ2n) is 5.89. The van der Waals surface area contributed by atoms with Gasteiger partial charge in [-0.15, -0.1) is 0 Å². The van der Waals surface area contributed by atoms with Crippen molar-refractivity contribution in [2.75, 3.05) is 20.0 Å². The first-order valence-corrected chi connectivity index (χ1v) is 9.31. The van der Waals surface area contributed by atoms with Crippen LogP contribution < -0.4 is 15.0 Å². The van der Waals surface area contributed by atoms with E-state index in [4.69, 9.17) is 14.2 Å². The molecule has 1 aromatic heterocycles. The minimum atomic E-state index is -1.07. The van der Waals surface area contributed by atoms with Gasteiger partial charge in [0.05, 0.1) is 14.2 Å². The van der Waals surface area contributed by atoms with Crippen molar-refractivity contribution in [3.63, 3.8) is 0 Å². The highest BCUT2D eigenvalue weighted by molar-refractivity contribution is 7.99. The molecular weight excluding hydrogens is 372 g/mol. The number of thioether (sulfide) groups is 1. The fourth-order valence-corrected chi connectivity index (χ4v) is 3.77. The van der Waals surface area contributed by atoms with Gasteiger partial charge in [-0.2, -0.15) is 4.98 Å². The normalized spacial score (nSPS) is 15.4. The second kappa shape index (κ2) is 7.51. The molecule has 1 aliphatic heterocycles. The molecule has 144 valence electrons. The van der Waals surface area contributed by atoms with Crippen LogP contribution in [0.25, 0.3) is 0 Å². The van der Waals surface area contributed by atoms with Crippen molar-refractivity contribution in [1.82, 2.24) is 9.55 Å². The van der Waals surface area contributed by atoms with Crippen molar-refractivity contribution in [2.45, 2.75) is 24.6 Å². The van der Waals surface area contributed by atoms with Gasteiger partial charge in [0.1, 0.15) is 11.1 Å². The molecule has 1 unspecified atom stereocenters. The maximum absolute atomic E-state index is 12.9. The van der Waals surface area contributed by atoms with Gasteiger partial charge in [-0.1, -0.05) is 24.8 Å². The molecule has 8 nitrogen and oxygen atoms in total. The van der Waals surface area contributed by atoms with Gasteiger partial charge in [-0.05, 0) is 12.5 Å². The molecule has 2 aromatic rings. The van der Waals surface area contributed by atoms with Gasteiger partial charge in [0.25, 0.3) is 5.56 Å². The average molecular weight is 392 g/mol. The summed E-state index contributed by atoms with van der Waals surface area (Å²) in [5, 5.41) is 10.8. The number of aromatic hydroxyl groups is 1. The van der Waals surface area contributed by atoms with E-state index in [9.17, 15) is 14.7 Å². The van der Waals surface area contributed by atoms with Gasteiger partial charge in [-0.25, -0.2) is 4.79 Å². The molecule has 1 aliphatic rings. The van der Waals surface area contributed by atoms with Crippen LogP contribution in [0.1, 0.15) is 40.9 Å². The van der Waals surface area contributed by atoms with Crippen molar-refractivity contribution in [2.24, 2.45) is 7.05 Å². The standard InChI is InChI=1S/C18H20N2O6S/c1-5-8-27-18-19-15(21)12(16(22)20(18)2)13-9-6-7-10(24-3)14(25-4)11(9)17(23)26-13/h6-7,13,21H,5,8H2,1-4H3. The summed E-state index contributed by atoms with van der Waals surface area (Å²) in [4.78, 5) is 29.4. The van der Waals surface area contributed by atoms with Crippen molar-refractivity contribution in [1.29, 1.82) is 0 Å². The fourth-order valence-electron chi connectivity index (χ4n) is 2.96. The summed E-state index contributed by atoms with van der Waals surface area (Å²) in [5.74, 6) is 0.253. The SMILES string of the molecule is CCCSc1nc(O)c(C2OC(=O)c3c2ccc(OC)c3OC)c(=O)n1C. The number of esters is 1. The Morgan fingerprint density at radius 3 is 2.67 bits per heavy atom.